The number of carbonyl (C=O) groups is 3. The van der Waals surface area contributed by atoms with E-state index in [-0.39, 0.29) is 19.3 Å². The van der Waals surface area contributed by atoms with Gasteiger partial charge in [0.2, 0.25) is 12.0 Å². The Morgan fingerprint density at radius 1 is 1.27 bits per heavy atom. The Labute approximate surface area is 152 Å². The summed E-state index contributed by atoms with van der Waals surface area (Å²) in [6.45, 7) is 6.15. The number of esters is 1. The lowest BCUT2D eigenvalue weighted by atomic mass is 9.79. The molecule has 0 radical (unpaired) electrons. The van der Waals surface area contributed by atoms with E-state index in [2.05, 4.69) is 5.32 Å². The van der Waals surface area contributed by atoms with Crippen LogP contribution in [0, 0.1) is 5.41 Å². The van der Waals surface area contributed by atoms with Crippen LogP contribution in [-0.4, -0.2) is 55.2 Å². The van der Waals surface area contributed by atoms with Crippen LogP contribution in [0.4, 0.5) is 4.79 Å². The van der Waals surface area contributed by atoms with Gasteiger partial charge in [0.25, 0.3) is 16.4 Å². The minimum Gasteiger partial charge on any atom is -0.422 e. The third kappa shape index (κ3) is 7.16. The van der Waals surface area contributed by atoms with Gasteiger partial charge in [0.05, 0.1) is 5.75 Å². The molecule has 3 atom stereocenters. The molecule has 1 aliphatic rings. The average molecular weight is 395 g/mol. The molecule has 0 aromatic carbocycles. The first-order valence-corrected chi connectivity index (χ1v) is 9.75. The Balaban J connectivity index is 2.94. The minimum absolute atomic E-state index is 0.0777. The van der Waals surface area contributed by atoms with Crippen LogP contribution in [-0.2, 0) is 33.9 Å². The Bertz CT molecular complexity index is 644. The van der Waals surface area contributed by atoms with Crippen LogP contribution in [0.5, 0.6) is 0 Å². The second kappa shape index (κ2) is 8.67. The normalized spacial score (nSPS) is 22.5. The molecule has 0 bridgehead atoms. The fourth-order valence-corrected chi connectivity index (χ4v) is 3.27. The molecule has 0 aromatic heterocycles. The van der Waals surface area contributed by atoms with Gasteiger partial charge in [-0.3, -0.25) is 9.35 Å². The molecule has 1 saturated heterocycles. The molecule has 0 aliphatic carbocycles. The van der Waals surface area contributed by atoms with E-state index < -0.39 is 57.8 Å². The summed E-state index contributed by atoms with van der Waals surface area (Å²) in [7, 11) is -4.22. The van der Waals surface area contributed by atoms with Crippen molar-refractivity contribution in [3.63, 3.8) is 0 Å². The topological polar surface area (TPSA) is 145 Å². The molecule has 2 unspecified atom stereocenters. The van der Waals surface area contributed by atoms with E-state index in [1.54, 1.807) is 20.8 Å². The van der Waals surface area contributed by atoms with Gasteiger partial charge in [0.1, 0.15) is 0 Å². The van der Waals surface area contributed by atoms with Crippen LogP contribution < -0.4 is 5.32 Å². The SMILES string of the molecule is CCC1OC(=O)O[C@H](C(C)(C)CC(CCS(=O)(=O)O)NC(C)=O)C(=O)O1. The third-order valence-corrected chi connectivity index (χ3v) is 4.60. The average Bonchev–Trinajstić information content (AvgIpc) is 2.62. The van der Waals surface area contributed by atoms with Gasteiger partial charge in [-0.05, 0) is 12.8 Å². The van der Waals surface area contributed by atoms with Crippen molar-refractivity contribution in [1.82, 2.24) is 5.32 Å². The van der Waals surface area contributed by atoms with Gasteiger partial charge in [0, 0.05) is 24.8 Å². The van der Waals surface area contributed by atoms with Gasteiger partial charge in [-0.25, -0.2) is 9.59 Å². The van der Waals surface area contributed by atoms with Crippen molar-refractivity contribution in [1.29, 1.82) is 0 Å². The number of carbonyl (C=O) groups excluding carboxylic acids is 3. The summed E-state index contributed by atoms with van der Waals surface area (Å²) in [6, 6.07) is -0.679. The minimum atomic E-state index is -4.22. The highest BCUT2D eigenvalue weighted by Gasteiger charge is 2.45. The lowest BCUT2D eigenvalue weighted by Gasteiger charge is -2.33. The Morgan fingerprint density at radius 2 is 1.88 bits per heavy atom. The molecule has 1 rings (SSSR count). The second-order valence-corrected chi connectivity index (χ2v) is 8.38. The number of amides is 1. The van der Waals surface area contributed by atoms with Crippen LogP contribution in [0.15, 0.2) is 0 Å². The summed E-state index contributed by atoms with van der Waals surface area (Å²) in [5.41, 5.74) is -1.01. The zero-order valence-electron chi connectivity index (χ0n) is 15.2. The molecule has 1 aliphatic heterocycles. The van der Waals surface area contributed by atoms with E-state index in [0.717, 1.165) is 0 Å². The molecule has 0 aromatic rings. The molecule has 1 fully saturated rings. The van der Waals surface area contributed by atoms with Gasteiger partial charge in [-0.1, -0.05) is 20.8 Å². The maximum atomic E-state index is 12.3. The molecule has 10 nitrogen and oxygen atoms in total. The van der Waals surface area contributed by atoms with E-state index in [9.17, 15) is 22.8 Å². The second-order valence-electron chi connectivity index (χ2n) is 6.81. The summed E-state index contributed by atoms with van der Waals surface area (Å²) < 4.78 is 45.8. The molecular weight excluding hydrogens is 370 g/mol. The summed E-state index contributed by atoms with van der Waals surface area (Å²) in [5.74, 6) is -1.76. The van der Waals surface area contributed by atoms with Crippen LogP contribution in [0.1, 0.15) is 47.0 Å². The van der Waals surface area contributed by atoms with Gasteiger partial charge in [0.15, 0.2) is 0 Å². The van der Waals surface area contributed by atoms with Crippen LogP contribution in [0.3, 0.4) is 0 Å². The van der Waals surface area contributed by atoms with E-state index in [1.165, 1.54) is 6.92 Å². The fourth-order valence-electron chi connectivity index (χ4n) is 2.69. The van der Waals surface area contributed by atoms with Gasteiger partial charge in [-0.2, -0.15) is 8.42 Å². The summed E-state index contributed by atoms with van der Waals surface area (Å²) in [4.78, 5) is 35.4. The molecule has 150 valence electrons. The highest BCUT2D eigenvalue weighted by atomic mass is 32.2. The van der Waals surface area contributed by atoms with Crippen molar-refractivity contribution in [3.8, 4) is 0 Å². The number of hydrogen-bond donors (Lipinski definition) is 2. The third-order valence-electron chi connectivity index (χ3n) is 3.85. The smallest absolute Gasteiger partial charge is 0.422 e. The highest BCUT2D eigenvalue weighted by molar-refractivity contribution is 7.85. The quantitative estimate of drug-likeness (QED) is 0.454. The largest absolute Gasteiger partial charge is 0.512 e. The van der Waals surface area contributed by atoms with Crippen LogP contribution in [0.25, 0.3) is 0 Å². The number of rotatable bonds is 8. The van der Waals surface area contributed by atoms with Crippen molar-refractivity contribution in [2.24, 2.45) is 5.41 Å². The zero-order valence-corrected chi connectivity index (χ0v) is 16.0. The monoisotopic (exact) mass is 395 g/mol. The van der Waals surface area contributed by atoms with Crippen molar-refractivity contribution < 1.29 is 41.6 Å². The predicted octanol–water partition coefficient (Wildman–Crippen LogP) is 1.00. The molecule has 2 N–H and O–H groups in total. The predicted molar refractivity (Wildman–Crippen MR) is 88.6 cm³/mol. The standard InChI is InChI=1S/C15H25NO9S/c1-5-11-23-13(18)12(25-14(19)24-11)15(3,4)8-10(16-9(2)17)6-7-26(20,21)22/h10-12H,5-8H2,1-4H3,(H,16,17)(H,20,21,22)/t10?,11?,12-/m0/s1. The van der Waals surface area contributed by atoms with Gasteiger partial charge >= 0.3 is 12.1 Å². The summed E-state index contributed by atoms with van der Waals surface area (Å²) >= 11 is 0. The molecule has 1 heterocycles. The number of ether oxygens (including phenoxy) is 3. The van der Waals surface area contributed by atoms with Crippen molar-refractivity contribution >= 4 is 28.1 Å². The Morgan fingerprint density at radius 3 is 2.38 bits per heavy atom. The number of hydrogen-bond acceptors (Lipinski definition) is 8. The molecule has 0 spiro atoms. The van der Waals surface area contributed by atoms with Gasteiger partial charge < -0.3 is 19.5 Å². The molecule has 0 saturated carbocycles. The number of nitrogens with one attached hydrogen (secondary N) is 1. The van der Waals surface area contributed by atoms with Gasteiger partial charge in [-0.15, -0.1) is 0 Å². The molecular formula is C15H25NO9S. The zero-order chi connectivity index (χ0) is 20.1. The first-order valence-electron chi connectivity index (χ1n) is 8.14. The summed E-state index contributed by atoms with van der Waals surface area (Å²) in [6.07, 6.45) is -3.11. The number of cyclic esters (lactones) is 3. The molecule has 11 heteroatoms. The molecule has 26 heavy (non-hydrogen) atoms. The maximum absolute atomic E-state index is 12.3. The molecule has 1 amide bonds. The van der Waals surface area contributed by atoms with Crippen LogP contribution in [0.2, 0.25) is 0 Å². The first-order chi connectivity index (χ1) is 11.8. The van der Waals surface area contributed by atoms with E-state index in [4.69, 9.17) is 18.8 Å². The van der Waals surface area contributed by atoms with Crippen molar-refractivity contribution in [3.05, 3.63) is 0 Å². The first kappa shape index (κ1) is 22.2. The Hall–Kier alpha value is -1.88. The van der Waals surface area contributed by atoms with E-state index in [0.29, 0.717) is 0 Å². The lowest BCUT2D eigenvalue weighted by molar-refractivity contribution is -0.170. The summed E-state index contributed by atoms with van der Waals surface area (Å²) in [5, 5.41) is 2.57. The van der Waals surface area contributed by atoms with E-state index in [1.807, 2.05) is 0 Å². The Kier molecular flexibility index (Phi) is 7.39. The van der Waals surface area contributed by atoms with Crippen LogP contribution >= 0.6 is 0 Å². The van der Waals surface area contributed by atoms with E-state index >= 15 is 0 Å². The highest BCUT2D eigenvalue weighted by Crippen LogP contribution is 2.33. The fraction of sp³-hybridized carbons (Fsp3) is 0.800. The lowest BCUT2D eigenvalue weighted by Crippen LogP contribution is -2.46. The maximum Gasteiger partial charge on any atom is 0.512 e. The van der Waals surface area contributed by atoms with Crippen molar-refractivity contribution in [2.75, 3.05) is 5.75 Å². The van der Waals surface area contributed by atoms with Crippen molar-refractivity contribution in [2.45, 2.75) is 65.4 Å².